The number of carbonyl (C=O) groups is 1. The maximum absolute atomic E-state index is 13.2. The van der Waals surface area contributed by atoms with Gasteiger partial charge in [-0.3, -0.25) is 19.6 Å². The van der Waals surface area contributed by atoms with Gasteiger partial charge in [0.15, 0.2) is 5.78 Å². The van der Waals surface area contributed by atoms with Gasteiger partial charge in [0.25, 0.3) is 0 Å². The molecule has 0 amide bonds. The molecule has 0 radical (unpaired) electrons. The lowest BCUT2D eigenvalue weighted by Crippen LogP contribution is -2.48. The van der Waals surface area contributed by atoms with Crippen LogP contribution in [0.25, 0.3) is 11.0 Å². The molecule has 43 heavy (non-hydrogen) atoms. The average Bonchev–Trinajstić information content (AvgIpc) is 3.27. The number of halogens is 4. The van der Waals surface area contributed by atoms with Crippen molar-refractivity contribution in [3.05, 3.63) is 71.0 Å². The third-order valence-corrected chi connectivity index (χ3v) is 7.60. The minimum atomic E-state index is -4.50. The molecule has 1 aliphatic rings. The Bertz CT molecular complexity index is 1590. The number of Topliss-reactive ketones (excluding diaryl/α,β-unsaturated/α-hetero) is 1. The van der Waals surface area contributed by atoms with Gasteiger partial charge in [-0.05, 0) is 36.4 Å². The van der Waals surface area contributed by atoms with Gasteiger partial charge in [0.05, 0.1) is 52.6 Å². The third-order valence-electron chi connectivity index (χ3n) is 7.27. The number of methoxy groups -OCH3 is 1. The topological polar surface area (TPSA) is 84.8 Å². The van der Waals surface area contributed by atoms with Crippen LogP contribution in [0.3, 0.4) is 0 Å². The van der Waals surface area contributed by atoms with Gasteiger partial charge in [-0.2, -0.15) is 13.2 Å². The van der Waals surface area contributed by atoms with Crippen molar-refractivity contribution in [1.82, 2.24) is 24.3 Å². The van der Waals surface area contributed by atoms with E-state index in [1.165, 1.54) is 6.07 Å². The summed E-state index contributed by atoms with van der Waals surface area (Å²) in [6, 6.07) is 11.8. The monoisotopic (exact) mass is 616 g/mol. The predicted octanol–water partition coefficient (Wildman–Crippen LogP) is 5.55. The summed E-state index contributed by atoms with van der Waals surface area (Å²) in [5, 5.41) is 3.04. The molecule has 0 saturated carbocycles. The van der Waals surface area contributed by atoms with Crippen LogP contribution in [-0.2, 0) is 29.2 Å². The summed E-state index contributed by atoms with van der Waals surface area (Å²) in [6.07, 6.45) is -2.69. The average molecular weight is 617 g/mol. The van der Waals surface area contributed by atoms with E-state index in [1.54, 1.807) is 55.3 Å². The van der Waals surface area contributed by atoms with E-state index in [9.17, 15) is 18.0 Å². The number of nitrogens with zero attached hydrogens (tertiary/aromatic N) is 5. The molecule has 1 saturated heterocycles. The maximum atomic E-state index is 13.2. The van der Waals surface area contributed by atoms with Crippen molar-refractivity contribution >= 4 is 40.1 Å². The Morgan fingerprint density at radius 3 is 2.51 bits per heavy atom. The summed E-state index contributed by atoms with van der Waals surface area (Å²) in [6.45, 7) is 5.48. The van der Waals surface area contributed by atoms with Crippen LogP contribution < -0.4 is 10.1 Å². The van der Waals surface area contributed by atoms with Gasteiger partial charge in [-0.1, -0.05) is 11.6 Å². The molecule has 0 unspecified atom stereocenters. The number of aromatic nitrogens is 3. The molecule has 228 valence electrons. The number of pyridine rings is 1. The van der Waals surface area contributed by atoms with Crippen LogP contribution in [0.4, 0.5) is 24.8 Å². The highest BCUT2D eigenvalue weighted by Crippen LogP contribution is 2.35. The highest BCUT2D eigenvalue weighted by molar-refractivity contribution is 6.33. The molecule has 4 aromatic rings. The summed E-state index contributed by atoms with van der Waals surface area (Å²) >= 11 is 6.16. The highest BCUT2D eigenvalue weighted by Gasteiger charge is 2.31. The van der Waals surface area contributed by atoms with Crippen molar-refractivity contribution in [3.8, 4) is 11.5 Å². The highest BCUT2D eigenvalue weighted by atomic mass is 35.5. The Morgan fingerprint density at radius 2 is 1.77 bits per heavy atom. The second-order valence-electron chi connectivity index (χ2n) is 10.4. The molecule has 0 atom stereocenters. The number of aryl methyl sites for hydroxylation is 1. The minimum absolute atomic E-state index is 0.0887. The largest absolute Gasteiger partial charge is 0.457 e. The first-order valence-corrected chi connectivity index (χ1v) is 14.2. The van der Waals surface area contributed by atoms with Crippen LogP contribution >= 0.6 is 11.6 Å². The van der Waals surface area contributed by atoms with Gasteiger partial charge in [-0.25, -0.2) is 4.98 Å². The minimum Gasteiger partial charge on any atom is -0.457 e. The number of nitrogens with one attached hydrogen (secondary N) is 1. The zero-order chi connectivity index (χ0) is 30.6. The number of imidazole rings is 1. The van der Waals surface area contributed by atoms with Gasteiger partial charge < -0.3 is 19.4 Å². The number of anilines is 2. The Labute approximate surface area is 252 Å². The molecule has 2 aromatic heterocycles. The van der Waals surface area contributed by atoms with Crippen molar-refractivity contribution in [2.24, 2.45) is 7.05 Å². The standard InChI is InChI=1S/C30H32ClF3N6O3/c1-38-28-6-4-23(18-27(28)37-29(38)36-26-15-20(30(32,33)34)3-5-25(26)31)43-24-7-8-35-21(17-24)16-22(41)19-40-11-9-39(10-12-40)13-14-42-2/h3-8,15,17-18H,9-14,16,19H2,1-2H3,(H,36,37). The van der Waals surface area contributed by atoms with Gasteiger partial charge in [-0.15, -0.1) is 0 Å². The number of piperazine rings is 1. The maximum Gasteiger partial charge on any atom is 0.416 e. The zero-order valence-electron chi connectivity index (χ0n) is 23.8. The normalized spacial score (nSPS) is 14.7. The number of hydrogen-bond acceptors (Lipinski definition) is 8. The number of hydrogen-bond donors (Lipinski definition) is 1. The lowest BCUT2D eigenvalue weighted by atomic mass is 10.1. The molecule has 0 aliphatic carbocycles. The Hall–Kier alpha value is -3.71. The number of alkyl halides is 3. The Kier molecular flexibility index (Phi) is 9.50. The zero-order valence-corrected chi connectivity index (χ0v) is 24.6. The molecule has 1 aliphatic heterocycles. The van der Waals surface area contributed by atoms with Crippen LogP contribution in [0.1, 0.15) is 11.3 Å². The van der Waals surface area contributed by atoms with E-state index in [0.717, 1.165) is 50.4 Å². The fourth-order valence-electron chi connectivity index (χ4n) is 4.92. The second kappa shape index (κ2) is 13.3. The first-order chi connectivity index (χ1) is 20.6. The number of ether oxygens (including phenoxy) is 2. The molecular weight excluding hydrogens is 585 g/mol. The summed E-state index contributed by atoms with van der Waals surface area (Å²) in [4.78, 5) is 26.1. The number of benzene rings is 2. The van der Waals surface area contributed by atoms with E-state index in [2.05, 4.69) is 25.1 Å². The molecule has 1 fully saturated rings. The molecule has 0 bridgehead atoms. The van der Waals surface area contributed by atoms with Gasteiger partial charge in [0.2, 0.25) is 5.95 Å². The summed E-state index contributed by atoms with van der Waals surface area (Å²) in [5.41, 5.74) is 1.19. The van der Waals surface area contributed by atoms with Crippen molar-refractivity contribution in [2.75, 3.05) is 58.3 Å². The van der Waals surface area contributed by atoms with E-state index in [-0.39, 0.29) is 22.9 Å². The second-order valence-corrected chi connectivity index (χ2v) is 10.8. The number of carbonyl (C=O) groups excluding carboxylic acids is 1. The lowest BCUT2D eigenvalue weighted by Gasteiger charge is -2.34. The third kappa shape index (κ3) is 7.82. The molecule has 13 heteroatoms. The lowest BCUT2D eigenvalue weighted by molar-refractivity contribution is -0.137. The first kappa shape index (κ1) is 30.7. The van der Waals surface area contributed by atoms with Crippen LogP contribution in [-0.4, -0.2) is 83.1 Å². The summed E-state index contributed by atoms with van der Waals surface area (Å²) in [7, 11) is 3.44. The van der Waals surface area contributed by atoms with Crippen molar-refractivity contribution < 1.29 is 27.4 Å². The summed E-state index contributed by atoms with van der Waals surface area (Å²) < 4.78 is 52.5. The fourth-order valence-corrected chi connectivity index (χ4v) is 5.09. The SMILES string of the molecule is COCCN1CCN(CC(=O)Cc2cc(Oc3ccc4c(c3)nc(Nc3cc(C(F)(F)F)ccc3Cl)n4C)ccn2)CC1. The number of fused-ring (bicyclic) bond motifs is 1. The molecule has 1 N–H and O–H groups in total. The smallest absolute Gasteiger partial charge is 0.416 e. The predicted molar refractivity (Wildman–Crippen MR) is 158 cm³/mol. The first-order valence-electron chi connectivity index (χ1n) is 13.8. The molecule has 9 nitrogen and oxygen atoms in total. The van der Waals surface area contributed by atoms with E-state index < -0.39 is 11.7 Å². The van der Waals surface area contributed by atoms with Crippen molar-refractivity contribution in [1.29, 1.82) is 0 Å². The van der Waals surface area contributed by atoms with Crippen LogP contribution in [0.5, 0.6) is 11.5 Å². The van der Waals surface area contributed by atoms with E-state index in [0.29, 0.717) is 41.8 Å². The Morgan fingerprint density at radius 1 is 1.02 bits per heavy atom. The number of ketones is 1. The number of rotatable bonds is 11. The van der Waals surface area contributed by atoms with Crippen LogP contribution in [0, 0.1) is 0 Å². The van der Waals surface area contributed by atoms with E-state index in [1.807, 2.05) is 0 Å². The van der Waals surface area contributed by atoms with Crippen LogP contribution in [0.15, 0.2) is 54.7 Å². The Balaban J connectivity index is 1.22. The fraction of sp³-hybridized carbons (Fsp3) is 0.367. The van der Waals surface area contributed by atoms with Crippen LogP contribution in [0.2, 0.25) is 5.02 Å². The molecule has 2 aromatic carbocycles. The van der Waals surface area contributed by atoms with Gasteiger partial charge >= 0.3 is 6.18 Å². The van der Waals surface area contributed by atoms with E-state index >= 15 is 0 Å². The molecular formula is C30H32ClF3N6O3. The van der Waals surface area contributed by atoms with Crippen molar-refractivity contribution in [3.63, 3.8) is 0 Å². The molecule has 0 spiro atoms. The van der Waals surface area contributed by atoms with E-state index in [4.69, 9.17) is 21.1 Å². The van der Waals surface area contributed by atoms with Gasteiger partial charge in [0.1, 0.15) is 11.5 Å². The van der Waals surface area contributed by atoms with Crippen molar-refractivity contribution in [2.45, 2.75) is 12.6 Å². The molecule has 5 rings (SSSR count). The molecule has 3 heterocycles. The van der Waals surface area contributed by atoms with Gasteiger partial charge in [0, 0.05) is 65.2 Å². The quantitative estimate of drug-likeness (QED) is 0.235. The summed E-state index contributed by atoms with van der Waals surface area (Å²) in [5.74, 6) is 1.43.